The zero-order valence-corrected chi connectivity index (χ0v) is 11.7. The van der Waals surface area contributed by atoms with Gasteiger partial charge in [-0.2, -0.15) is 15.0 Å². The molecule has 18 heavy (non-hydrogen) atoms. The molecule has 6 nitrogen and oxygen atoms in total. The second kappa shape index (κ2) is 5.67. The van der Waals surface area contributed by atoms with Crippen LogP contribution in [0.4, 0.5) is 5.95 Å². The molecule has 0 spiro atoms. The van der Waals surface area contributed by atoms with Crippen molar-refractivity contribution in [3.8, 4) is 6.01 Å². The molecule has 1 unspecified atom stereocenters. The van der Waals surface area contributed by atoms with E-state index in [4.69, 9.17) is 16.3 Å². The third kappa shape index (κ3) is 3.00. The van der Waals surface area contributed by atoms with Crippen molar-refractivity contribution < 1.29 is 4.74 Å². The SMILES string of the molecule is CCOc1nc(Cl)nc(N2CCN(C)CC2C)n1. The number of rotatable bonds is 3. The molecule has 0 saturated carbocycles. The minimum absolute atomic E-state index is 0.176. The first-order chi connectivity index (χ1) is 8.60. The van der Waals surface area contributed by atoms with Gasteiger partial charge in [-0.1, -0.05) is 0 Å². The molecular formula is C11H18ClN5O. The summed E-state index contributed by atoms with van der Waals surface area (Å²) in [7, 11) is 2.11. The van der Waals surface area contributed by atoms with Crippen molar-refractivity contribution in [1.29, 1.82) is 0 Å². The number of piperazine rings is 1. The van der Waals surface area contributed by atoms with Gasteiger partial charge in [-0.25, -0.2) is 0 Å². The maximum atomic E-state index is 5.90. The second-order valence-electron chi connectivity index (χ2n) is 4.42. The first-order valence-corrected chi connectivity index (χ1v) is 6.47. The lowest BCUT2D eigenvalue weighted by molar-refractivity contribution is 0.271. The molecule has 7 heteroatoms. The number of halogens is 1. The van der Waals surface area contributed by atoms with Crippen molar-refractivity contribution in [2.45, 2.75) is 19.9 Å². The largest absolute Gasteiger partial charge is 0.464 e. The van der Waals surface area contributed by atoms with Gasteiger partial charge in [-0.15, -0.1) is 0 Å². The van der Waals surface area contributed by atoms with Crippen molar-refractivity contribution in [2.75, 3.05) is 38.2 Å². The predicted octanol–water partition coefficient (Wildman–Crippen LogP) is 1.06. The van der Waals surface area contributed by atoms with Crippen molar-refractivity contribution >= 4 is 17.5 Å². The fourth-order valence-corrected chi connectivity index (χ4v) is 2.23. The summed E-state index contributed by atoms with van der Waals surface area (Å²) in [5.41, 5.74) is 0. The van der Waals surface area contributed by atoms with Crippen molar-refractivity contribution in [3.05, 3.63) is 5.28 Å². The highest BCUT2D eigenvalue weighted by atomic mass is 35.5. The molecule has 0 aromatic carbocycles. The molecule has 0 amide bonds. The van der Waals surface area contributed by atoms with Crippen molar-refractivity contribution in [1.82, 2.24) is 19.9 Å². The number of nitrogens with zero attached hydrogens (tertiary/aromatic N) is 5. The van der Waals surface area contributed by atoms with E-state index in [9.17, 15) is 0 Å². The first kappa shape index (κ1) is 13.3. The number of anilines is 1. The summed E-state index contributed by atoms with van der Waals surface area (Å²) in [5, 5.41) is 0.176. The fraction of sp³-hybridized carbons (Fsp3) is 0.727. The van der Waals surface area contributed by atoms with Gasteiger partial charge < -0.3 is 14.5 Å². The Morgan fingerprint density at radius 1 is 1.33 bits per heavy atom. The highest BCUT2D eigenvalue weighted by Gasteiger charge is 2.24. The molecule has 2 heterocycles. The van der Waals surface area contributed by atoms with Crippen LogP contribution in [0.25, 0.3) is 0 Å². The smallest absolute Gasteiger partial charge is 0.322 e. The summed E-state index contributed by atoms with van der Waals surface area (Å²) in [6.07, 6.45) is 0. The Morgan fingerprint density at radius 3 is 2.78 bits per heavy atom. The quantitative estimate of drug-likeness (QED) is 0.820. The van der Waals surface area contributed by atoms with Gasteiger partial charge in [0.2, 0.25) is 11.2 Å². The van der Waals surface area contributed by atoms with Gasteiger partial charge in [0.05, 0.1) is 6.61 Å². The number of likely N-dealkylation sites (N-methyl/N-ethyl adjacent to an activating group) is 1. The Balaban J connectivity index is 2.21. The number of ether oxygens (including phenoxy) is 1. The summed E-state index contributed by atoms with van der Waals surface area (Å²) in [6, 6.07) is 0.635. The molecule has 100 valence electrons. The van der Waals surface area contributed by atoms with Gasteiger partial charge in [-0.05, 0) is 32.5 Å². The van der Waals surface area contributed by atoms with Crippen LogP contribution in [0.15, 0.2) is 0 Å². The molecule has 1 aliphatic rings. The van der Waals surface area contributed by atoms with Gasteiger partial charge in [0.15, 0.2) is 0 Å². The van der Waals surface area contributed by atoms with Gasteiger partial charge in [-0.3, -0.25) is 0 Å². The lowest BCUT2D eigenvalue weighted by atomic mass is 10.2. The van der Waals surface area contributed by atoms with E-state index in [1.54, 1.807) is 0 Å². The lowest BCUT2D eigenvalue weighted by Crippen LogP contribution is -2.51. The average Bonchev–Trinajstić information content (AvgIpc) is 2.28. The van der Waals surface area contributed by atoms with Gasteiger partial charge in [0.25, 0.3) is 0 Å². The van der Waals surface area contributed by atoms with Crippen LogP contribution in [0, 0.1) is 0 Å². The average molecular weight is 272 g/mol. The maximum absolute atomic E-state index is 5.90. The van der Waals surface area contributed by atoms with E-state index in [0.717, 1.165) is 19.6 Å². The van der Waals surface area contributed by atoms with E-state index in [-0.39, 0.29) is 5.28 Å². The predicted molar refractivity (Wildman–Crippen MR) is 70.3 cm³/mol. The third-order valence-electron chi connectivity index (χ3n) is 2.94. The molecule has 0 bridgehead atoms. The Kier molecular flexibility index (Phi) is 4.19. The number of hydrogen-bond acceptors (Lipinski definition) is 6. The molecule has 1 atom stereocenters. The molecule has 0 radical (unpaired) electrons. The number of hydrogen-bond donors (Lipinski definition) is 0. The Labute approximate surface area is 112 Å². The summed E-state index contributed by atoms with van der Waals surface area (Å²) in [4.78, 5) is 16.8. The monoisotopic (exact) mass is 271 g/mol. The zero-order chi connectivity index (χ0) is 13.1. The molecule has 0 aliphatic carbocycles. The maximum Gasteiger partial charge on any atom is 0.322 e. The van der Waals surface area contributed by atoms with Crippen LogP contribution < -0.4 is 9.64 Å². The van der Waals surface area contributed by atoms with E-state index in [0.29, 0.717) is 24.6 Å². The standard InChI is InChI=1S/C11H18ClN5O/c1-4-18-11-14-9(12)13-10(15-11)17-6-5-16(3)7-8(17)2/h8H,4-7H2,1-3H3. The van der Waals surface area contributed by atoms with Gasteiger partial charge in [0.1, 0.15) is 0 Å². The second-order valence-corrected chi connectivity index (χ2v) is 4.76. The summed E-state index contributed by atoms with van der Waals surface area (Å²) < 4.78 is 5.29. The molecule has 1 aromatic rings. The molecule has 1 saturated heterocycles. The van der Waals surface area contributed by atoms with E-state index < -0.39 is 0 Å². The highest BCUT2D eigenvalue weighted by molar-refractivity contribution is 6.28. The third-order valence-corrected chi connectivity index (χ3v) is 3.11. The van der Waals surface area contributed by atoms with Crippen LogP contribution >= 0.6 is 11.6 Å². The summed E-state index contributed by atoms with van der Waals surface area (Å²) in [5.74, 6) is 0.596. The Hall–Kier alpha value is -1.14. The molecule has 0 N–H and O–H groups in total. The topological polar surface area (TPSA) is 54.4 Å². The Morgan fingerprint density at radius 2 is 2.11 bits per heavy atom. The van der Waals surface area contributed by atoms with Crippen molar-refractivity contribution in [3.63, 3.8) is 0 Å². The fourth-order valence-electron chi connectivity index (χ4n) is 2.08. The summed E-state index contributed by atoms with van der Waals surface area (Å²) >= 11 is 5.90. The van der Waals surface area contributed by atoms with Crippen LogP contribution in [-0.4, -0.2) is 59.2 Å². The van der Waals surface area contributed by atoms with Gasteiger partial charge >= 0.3 is 6.01 Å². The van der Waals surface area contributed by atoms with Crippen LogP contribution in [0.3, 0.4) is 0 Å². The van der Waals surface area contributed by atoms with Gasteiger partial charge in [0, 0.05) is 25.7 Å². The van der Waals surface area contributed by atoms with E-state index in [1.165, 1.54) is 0 Å². The van der Waals surface area contributed by atoms with Crippen LogP contribution in [0.2, 0.25) is 5.28 Å². The van der Waals surface area contributed by atoms with E-state index in [2.05, 4.69) is 38.7 Å². The minimum atomic E-state index is 0.176. The van der Waals surface area contributed by atoms with E-state index in [1.807, 2.05) is 6.92 Å². The normalized spacial score (nSPS) is 21.1. The Bertz CT molecular complexity index is 416. The molecule has 1 aromatic heterocycles. The molecule has 2 rings (SSSR count). The van der Waals surface area contributed by atoms with Crippen LogP contribution in [0.1, 0.15) is 13.8 Å². The number of aromatic nitrogens is 3. The molecule has 1 aliphatic heterocycles. The summed E-state index contributed by atoms with van der Waals surface area (Å²) in [6.45, 7) is 7.38. The lowest BCUT2D eigenvalue weighted by Gasteiger charge is -2.38. The van der Waals surface area contributed by atoms with Crippen LogP contribution in [0.5, 0.6) is 6.01 Å². The minimum Gasteiger partial charge on any atom is -0.464 e. The highest BCUT2D eigenvalue weighted by Crippen LogP contribution is 2.19. The zero-order valence-electron chi connectivity index (χ0n) is 10.9. The molecule has 1 fully saturated rings. The van der Waals surface area contributed by atoms with Crippen LogP contribution in [-0.2, 0) is 0 Å². The van der Waals surface area contributed by atoms with Crippen molar-refractivity contribution in [2.24, 2.45) is 0 Å². The first-order valence-electron chi connectivity index (χ1n) is 6.09. The van der Waals surface area contributed by atoms with E-state index >= 15 is 0 Å². The molecular weight excluding hydrogens is 254 g/mol.